The van der Waals surface area contributed by atoms with Gasteiger partial charge in [-0.3, -0.25) is 4.79 Å². The average Bonchev–Trinajstić information content (AvgIpc) is 2.03. The van der Waals surface area contributed by atoms with Gasteiger partial charge < -0.3 is 0 Å². The summed E-state index contributed by atoms with van der Waals surface area (Å²) >= 11 is 0. The van der Waals surface area contributed by atoms with Crippen molar-refractivity contribution in [3.8, 4) is 0 Å². The van der Waals surface area contributed by atoms with Crippen LogP contribution in [0.25, 0.3) is 0 Å². The van der Waals surface area contributed by atoms with Crippen molar-refractivity contribution in [2.75, 3.05) is 0 Å². The second-order valence-corrected chi connectivity index (χ2v) is 3.49. The number of ketones is 1. The monoisotopic (exact) mass is 152 g/mol. The summed E-state index contributed by atoms with van der Waals surface area (Å²) in [6.45, 7) is 5.90. The molecule has 0 bridgehead atoms. The highest BCUT2D eigenvalue weighted by molar-refractivity contribution is 5.79. The second kappa shape index (κ2) is 3.70. The van der Waals surface area contributed by atoms with Gasteiger partial charge in [-0.2, -0.15) is 0 Å². The van der Waals surface area contributed by atoms with E-state index in [1.165, 1.54) is 6.42 Å². The molecule has 1 saturated carbocycles. The lowest BCUT2D eigenvalue weighted by atomic mass is 9.80. The molecule has 11 heavy (non-hydrogen) atoms. The molecule has 0 aromatic rings. The number of carbonyl (C=O) groups excluding carboxylic acids is 1. The zero-order valence-corrected chi connectivity index (χ0v) is 7.18. The van der Waals surface area contributed by atoms with Crippen LogP contribution in [0.1, 0.15) is 32.6 Å². The predicted octanol–water partition coefficient (Wildman–Crippen LogP) is 2.57. The summed E-state index contributed by atoms with van der Waals surface area (Å²) in [5.74, 6) is 1.53. The summed E-state index contributed by atoms with van der Waals surface area (Å²) in [5, 5.41) is 0. The average molecular weight is 152 g/mol. The molecular formula is C10H16O. The van der Waals surface area contributed by atoms with Crippen LogP contribution in [-0.2, 0) is 4.79 Å². The molecule has 0 N–H and O–H groups in total. The Morgan fingerprint density at radius 1 is 1.73 bits per heavy atom. The molecule has 0 amide bonds. The first-order valence-electron chi connectivity index (χ1n) is 4.38. The molecule has 0 aromatic carbocycles. The van der Waals surface area contributed by atoms with Crippen LogP contribution in [0.5, 0.6) is 0 Å². The van der Waals surface area contributed by atoms with Gasteiger partial charge in [0.15, 0.2) is 0 Å². The Morgan fingerprint density at radius 3 is 3.00 bits per heavy atom. The van der Waals surface area contributed by atoms with E-state index in [1.807, 2.05) is 6.08 Å². The van der Waals surface area contributed by atoms with E-state index in [2.05, 4.69) is 13.5 Å². The lowest BCUT2D eigenvalue weighted by Crippen LogP contribution is -2.19. The lowest BCUT2D eigenvalue weighted by molar-refractivity contribution is -0.121. The van der Waals surface area contributed by atoms with Crippen molar-refractivity contribution in [1.29, 1.82) is 0 Å². The van der Waals surface area contributed by atoms with Crippen molar-refractivity contribution in [2.45, 2.75) is 32.6 Å². The third kappa shape index (κ3) is 2.18. The standard InChI is InChI=1S/C10H16O/c1-3-8(2)9-5-4-6-10(11)7-9/h3,8-9H,1,4-7H2,2H3. The molecule has 1 fully saturated rings. The largest absolute Gasteiger partial charge is 0.300 e. The summed E-state index contributed by atoms with van der Waals surface area (Å²) in [5.41, 5.74) is 0. The van der Waals surface area contributed by atoms with Crippen LogP contribution >= 0.6 is 0 Å². The van der Waals surface area contributed by atoms with Gasteiger partial charge in [0.05, 0.1) is 0 Å². The molecule has 0 aliphatic heterocycles. The first-order chi connectivity index (χ1) is 5.24. The molecule has 0 aromatic heterocycles. The van der Waals surface area contributed by atoms with Gasteiger partial charge in [0.25, 0.3) is 0 Å². The fourth-order valence-electron chi connectivity index (χ4n) is 1.70. The van der Waals surface area contributed by atoms with Crippen LogP contribution in [-0.4, -0.2) is 5.78 Å². The second-order valence-electron chi connectivity index (χ2n) is 3.49. The molecule has 62 valence electrons. The number of Topliss-reactive ketones (excluding diaryl/α,β-unsaturated/α-hetero) is 1. The van der Waals surface area contributed by atoms with E-state index in [4.69, 9.17) is 0 Å². The summed E-state index contributed by atoms with van der Waals surface area (Å²) < 4.78 is 0. The fraction of sp³-hybridized carbons (Fsp3) is 0.700. The van der Waals surface area contributed by atoms with Crippen molar-refractivity contribution in [2.24, 2.45) is 11.8 Å². The van der Waals surface area contributed by atoms with Crippen LogP contribution in [0, 0.1) is 11.8 Å². The maximum Gasteiger partial charge on any atom is 0.133 e. The van der Waals surface area contributed by atoms with Crippen LogP contribution in [0.15, 0.2) is 12.7 Å². The minimum absolute atomic E-state index is 0.440. The third-order valence-corrected chi connectivity index (χ3v) is 2.64. The van der Waals surface area contributed by atoms with E-state index in [1.54, 1.807) is 0 Å². The third-order valence-electron chi connectivity index (χ3n) is 2.64. The molecule has 1 aliphatic rings. The quantitative estimate of drug-likeness (QED) is 0.556. The summed E-state index contributed by atoms with van der Waals surface area (Å²) in [6.07, 6.45) is 5.84. The highest BCUT2D eigenvalue weighted by Crippen LogP contribution is 2.28. The van der Waals surface area contributed by atoms with Crippen molar-refractivity contribution >= 4 is 5.78 Å². The van der Waals surface area contributed by atoms with Gasteiger partial charge >= 0.3 is 0 Å². The Kier molecular flexibility index (Phi) is 2.86. The fourth-order valence-corrected chi connectivity index (χ4v) is 1.70. The highest BCUT2D eigenvalue weighted by atomic mass is 16.1. The van der Waals surface area contributed by atoms with Gasteiger partial charge in [0.2, 0.25) is 0 Å². The van der Waals surface area contributed by atoms with Gasteiger partial charge in [0, 0.05) is 12.8 Å². The number of allylic oxidation sites excluding steroid dienone is 1. The maximum atomic E-state index is 11.1. The number of hydrogen-bond donors (Lipinski definition) is 0. The van der Waals surface area contributed by atoms with Gasteiger partial charge in [-0.15, -0.1) is 6.58 Å². The van der Waals surface area contributed by atoms with Gasteiger partial charge in [-0.1, -0.05) is 13.0 Å². The minimum atomic E-state index is 0.440. The zero-order chi connectivity index (χ0) is 8.27. The molecule has 1 nitrogen and oxygen atoms in total. The first-order valence-corrected chi connectivity index (χ1v) is 4.38. The van der Waals surface area contributed by atoms with Crippen LogP contribution in [0.4, 0.5) is 0 Å². The summed E-state index contributed by atoms with van der Waals surface area (Å²) in [4.78, 5) is 11.1. The first kappa shape index (κ1) is 8.51. The SMILES string of the molecule is C=CC(C)C1CCCC(=O)C1. The molecule has 0 saturated heterocycles. The Hall–Kier alpha value is -0.590. The van der Waals surface area contributed by atoms with Crippen molar-refractivity contribution in [3.63, 3.8) is 0 Å². The van der Waals surface area contributed by atoms with Crippen LogP contribution in [0.3, 0.4) is 0 Å². The van der Waals surface area contributed by atoms with E-state index < -0.39 is 0 Å². The van der Waals surface area contributed by atoms with E-state index in [-0.39, 0.29) is 0 Å². The Morgan fingerprint density at radius 2 is 2.45 bits per heavy atom. The van der Waals surface area contributed by atoms with Crippen molar-refractivity contribution < 1.29 is 4.79 Å². The lowest BCUT2D eigenvalue weighted by Gasteiger charge is -2.24. The molecular weight excluding hydrogens is 136 g/mol. The van der Waals surface area contributed by atoms with E-state index in [9.17, 15) is 4.79 Å². The molecule has 0 spiro atoms. The van der Waals surface area contributed by atoms with Crippen LogP contribution in [0.2, 0.25) is 0 Å². The molecule has 2 unspecified atom stereocenters. The Bertz CT molecular complexity index is 160. The van der Waals surface area contributed by atoms with E-state index in [0.717, 1.165) is 19.3 Å². The van der Waals surface area contributed by atoms with Gasteiger partial charge in [-0.25, -0.2) is 0 Å². The molecule has 2 atom stereocenters. The number of rotatable bonds is 2. The van der Waals surface area contributed by atoms with Gasteiger partial charge in [-0.05, 0) is 24.7 Å². The molecule has 1 heteroatoms. The summed E-state index contributed by atoms with van der Waals surface area (Å²) in [7, 11) is 0. The molecule has 0 radical (unpaired) electrons. The van der Waals surface area contributed by atoms with Crippen molar-refractivity contribution in [1.82, 2.24) is 0 Å². The maximum absolute atomic E-state index is 11.1. The number of carbonyl (C=O) groups is 1. The van der Waals surface area contributed by atoms with E-state index in [0.29, 0.717) is 17.6 Å². The van der Waals surface area contributed by atoms with Gasteiger partial charge in [0.1, 0.15) is 5.78 Å². The van der Waals surface area contributed by atoms with E-state index >= 15 is 0 Å². The predicted molar refractivity (Wildman–Crippen MR) is 46.3 cm³/mol. The summed E-state index contributed by atoms with van der Waals surface area (Å²) in [6, 6.07) is 0. The topological polar surface area (TPSA) is 17.1 Å². The minimum Gasteiger partial charge on any atom is -0.300 e. The molecule has 1 aliphatic carbocycles. The van der Waals surface area contributed by atoms with Crippen LogP contribution < -0.4 is 0 Å². The Labute approximate surface area is 68.5 Å². The Balaban J connectivity index is 2.45. The molecule has 0 heterocycles. The number of hydrogen-bond acceptors (Lipinski definition) is 1. The zero-order valence-electron chi connectivity index (χ0n) is 7.18. The van der Waals surface area contributed by atoms with Crippen molar-refractivity contribution in [3.05, 3.63) is 12.7 Å². The normalized spacial score (nSPS) is 28.1. The highest BCUT2D eigenvalue weighted by Gasteiger charge is 2.22. The smallest absolute Gasteiger partial charge is 0.133 e. The molecule has 1 rings (SSSR count).